The number of amides is 1. The molecule has 0 spiro atoms. The van der Waals surface area contributed by atoms with Gasteiger partial charge in [0.05, 0.1) is 0 Å². The van der Waals surface area contributed by atoms with Gasteiger partial charge < -0.3 is 5.73 Å². The topological polar surface area (TPSA) is 102 Å². The van der Waals surface area contributed by atoms with E-state index in [1.54, 1.807) is 0 Å². The van der Waals surface area contributed by atoms with Crippen LogP contribution in [-0.2, 0) is 10.4 Å². The normalized spacial score (nSPS) is 22.4. The number of hydrogen-bond acceptors (Lipinski definition) is 6. The summed E-state index contributed by atoms with van der Waals surface area (Å²) >= 11 is 0.903. The first-order valence-corrected chi connectivity index (χ1v) is 15.5. The third kappa shape index (κ3) is 5.37. The summed E-state index contributed by atoms with van der Waals surface area (Å²) in [5, 5.41) is 12.4. The molecule has 6 nitrogen and oxygen atoms in total. The molecule has 1 amide bonds. The summed E-state index contributed by atoms with van der Waals surface area (Å²) in [5.74, 6) is 0.513. The minimum atomic E-state index is -0.987. The van der Waals surface area contributed by atoms with Crippen LogP contribution in [0.25, 0.3) is 10.6 Å². The molecule has 3 aromatic heterocycles. The molecular formula is C27H33AsN4O2S. The summed E-state index contributed by atoms with van der Waals surface area (Å²) in [6.45, 7) is 4.12. The first kappa shape index (κ1) is 24.6. The molecule has 0 aliphatic heterocycles. The summed E-state index contributed by atoms with van der Waals surface area (Å²) < 4.78 is 2.29. The van der Waals surface area contributed by atoms with E-state index in [0.717, 1.165) is 51.7 Å². The zero-order valence-corrected chi connectivity index (χ0v) is 23.2. The van der Waals surface area contributed by atoms with E-state index in [-0.39, 0.29) is 17.7 Å². The minimum absolute atomic E-state index is 0.0719. The molecule has 3 aromatic rings. The van der Waals surface area contributed by atoms with Gasteiger partial charge in [0.15, 0.2) is 0 Å². The molecule has 8 heteroatoms. The Kier molecular flexibility index (Phi) is 7.11. The van der Waals surface area contributed by atoms with Crippen molar-refractivity contribution in [3.8, 4) is 10.6 Å². The van der Waals surface area contributed by atoms with Crippen molar-refractivity contribution in [3.63, 3.8) is 0 Å². The Morgan fingerprint density at radius 2 is 1.91 bits per heavy atom. The number of nitrogens with zero attached hydrogens (tertiary/aromatic N) is 3. The molecule has 35 heavy (non-hydrogen) atoms. The van der Waals surface area contributed by atoms with E-state index >= 15 is 0 Å². The van der Waals surface area contributed by atoms with Gasteiger partial charge >= 0.3 is 208 Å². The predicted octanol–water partition coefficient (Wildman–Crippen LogP) is 3.06. The molecule has 0 aromatic carbocycles. The van der Waals surface area contributed by atoms with Gasteiger partial charge in [-0.25, -0.2) is 0 Å². The Balaban J connectivity index is 1.36. The molecule has 2 atom stereocenters. The number of aliphatic hydroxyl groups is 1. The summed E-state index contributed by atoms with van der Waals surface area (Å²) in [5.41, 5.74) is 8.04. The van der Waals surface area contributed by atoms with Gasteiger partial charge in [0, 0.05) is 0 Å². The van der Waals surface area contributed by atoms with Crippen LogP contribution in [-0.4, -0.2) is 41.7 Å². The zero-order chi connectivity index (χ0) is 24.6. The Bertz CT molecular complexity index is 1220. The number of aryl methyl sites for hydroxylation is 1. The third-order valence-corrected chi connectivity index (χ3v) is 10.9. The van der Waals surface area contributed by atoms with E-state index in [1.807, 2.05) is 19.3 Å². The van der Waals surface area contributed by atoms with Crippen molar-refractivity contribution in [2.75, 3.05) is 0 Å². The average molecular weight is 553 g/mol. The van der Waals surface area contributed by atoms with Crippen LogP contribution < -0.4 is 14.7 Å². The van der Waals surface area contributed by atoms with Crippen LogP contribution in [0.2, 0.25) is 0 Å². The Morgan fingerprint density at radius 1 is 1.14 bits per heavy atom. The standard InChI is InChI=1S/C27H33AsN4O2S/c1-3-27(34,20-8-6-18(7-9-20)25(29)33)26-31-15-22(35-26)21-12-16(2)13-24(32-21)28-23-14-19(10-11-30-23)17-4-5-17/h10-15,17-18,20,28,34H,3-9H2,1-2H3,(H2,29,33)/t18-,20-,27?. The SMILES string of the molecule is CCC(O)(c1ncc(-c2cc(C)cc([AsH]c3cc(C4CC4)ccn3)n2)s1)[C@H]1CC[C@H](C(N)=O)CC1. The van der Waals surface area contributed by atoms with E-state index in [0.29, 0.717) is 6.42 Å². The molecule has 0 radical (unpaired) electrons. The molecule has 0 bridgehead atoms. The number of thiazole rings is 1. The molecule has 184 valence electrons. The van der Waals surface area contributed by atoms with Crippen LogP contribution in [0, 0.1) is 18.8 Å². The quantitative estimate of drug-likeness (QED) is 0.419. The van der Waals surface area contributed by atoms with Gasteiger partial charge in [-0.15, -0.1) is 0 Å². The van der Waals surface area contributed by atoms with Crippen LogP contribution >= 0.6 is 11.3 Å². The number of nitrogens with two attached hydrogens (primary N) is 1. The summed E-state index contributed by atoms with van der Waals surface area (Å²) in [6, 6.07) is 8.71. The van der Waals surface area contributed by atoms with Crippen LogP contribution in [0.1, 0.15) is 73.9 Å². The zero-order valence-electron chi connectivity index (χ0n) is 20.3. The molecule has 2 saturated carbocycles. The van der Waals surface area contributed by atoms with E-state index in [9.17, 15) is 9.90 Å². The molecule has 3 heterocycles. The number of pyridine rings is 2. The molecule has 5 rings (SSSR count). The first-order valence-electron chi connectivity index (χ1n) is 12.6. The van der Waals surface area contributed by atoms with Crippen LogP contribution in [0.4, 0.5) is 0 Å². The van der Waals surface area contributed by atoms with E-state index in [2.05, 4.69) is 41.2 Å². The second kappa shape index (κ2) is 10.1. The molecular weight excluding hydrogens is 519 g/mol. The van der Waals surface area contributed by atoms with Gasteiger partial charge in [-0.3, -0.25) is 4.79 Å². The Hall–Kier alpha value is -2.08. The van der Waals surface area contributed by atoms with Crippen molar-refractivity contribution in [2.45, 2.75) is 70.3 Å². The predicted molar refractivity (Wildman–Crippen MR) is 142 cm³/mol. The maximum absolute atomic E-state index is 11.7. The molecule has 2 aliphatic carbocycles. The molecule has 3 N–H and O–H groups in total. The second-order valence-electron chi connectivity index (χ2n) is 10.0. The average Bonchev–Trinajstić information content (AvgIpc) is 3.59. The fraction of sp³-hybridized carbons (Fsp3) is 0.481. The fourth-order valence-corrected chi connectivity index (χ4v) is 8.70. The van der Waals surface area contributed by atoms with Crippen molar-refractivity contribution in [2.24, 2.45) is 17.6 Å². The van der Waals surface area contributed by atoms with Gasteiger partial charge in [0.2, 0.25) is 0 Å². The first-order chi connectivity index (χ1) is 16.9. The molecule has 2 fully saturated rings. The second-order valence-corrected chi connectivity index (χ2v) is 13.8. The maximum atomic E-state index is 11.7. The number of hydrogen-bond donors (Lipinski definition) is 2. The van der Waals surface area contributed by atoms with Crippen LogP contribution in [0.15, 0.2) is 36.7 Å². The fourth-order valence-electron chi connectivity index (χ4n) is 5.24. The third-order valence-electron chi connectivity index (χ3n) is 7.53. The number of carbonyl (C=O) groups excluding carboxylic acids is 1. The number of aromatic nitrogens is 3. The van der Waals surface area contributed by atoms with Gasteiger partial charge in [0.1, 0.15) is 0 Å². The van der Waals surface area contributed by atoms with Gasteiger partial charge in [0.25, 0.3) is 0 Å². The van der Waals surface area contributed by atoms with Crippen LogP contribution in [0.3, 0.4) is 0 Å². The monoisotopic (exact) mass is 552 g/mol. The number of carbonyl (C=O) groups is 1. The number of primary amides is 1. The molecule has 2 unspecified atom stereocenters. The number of rotatable bonds is 8. The van der Waals surface area contributed by atoms with Gasteiger partial charge in [-0.2, -0.15) is 0 Å². The van der Waals surface area contributed by atoms with E-state index in [4.69, 9.17) is 10.7 Å². The van der Waals surface area contributed by atoms with Crippen molar-refractivity contribution < 1.29 is 9.90 Å². The van der Waals surface area contributed by atoms with Crippen LogP contribution in [0.5, 0.6) is 0 Å². The Morgan fingerprint density at radius 3 is 2.60 bits per heavy atom. The Labute approximate surface area is 217 Å². The molecule has 0 saturated heterocycles. The summed E-state index contributed by atoms with van der Waals surface area (Å²) in [4.78, 5) is 26.9. The van der Waals surface area contributed by atoms with Gasteiger partial charge in [-0.05, 0) is 0 Å². The molecule has 2 aliphatic rings. The van der Waals surface area contributed by atoms with E-state index < -0.39 is 21.4 Å². The summed E-state index contributed by atoms with van der Waals surface area (Å²) in [7, 11) is 0. The van der Waals surface area contributed by atoms with E-state index in [1.165, 1.54) is 39.8 Å². The van der Waals surface area contributed by atoms with Crippen molar-refractivity contribution in [1.29, 1.82) is 0 Å². The summed E-state index contributed by atoms with van der Waals surface area (Å²) in [6.07, 6.45) is 10.0. The van der Waals surface area contributed by atoms with Crippen molar-refractivity contribution in [1.82, 2.24) is 15.0 Å². The van der Waals surface area contributed by atoms with Gasteiger partial charge in [-0.1, -0.05) is 0 Å². The van der Waals surface area contributed by atoms with Crippen molar-refractivity contribution >= 4 is 42.0 Å². The van der Waals surface area contributed by atoms with Crippen molar-refractivity contribution in [3.05, 3.63) is 52.8 Å².